The van der Waals surface area contributed by atoms with Crippen LogP contribution in [0.3, 0.4) is 0 Å². The van der Waals surface area contributed by atoms with Gasteiger partial charge in [-0.3, -0.25) is 4.18 Å². The van der Waals surface area contributed by atoms with Crippen LogP contribution in [-0.4, -0.2) is 70.5 Å². The van der Waals surface area contributed by atoms with Crippen molar-refractivity contribution in [1.29, 1.82) is 0 Å². The molecule has 2 unspecified atom stereocenters. The number of rotatable bonds is 9. The van der Waals surface area contributed by atoms with Gasteiger partial charge in [0.15, 0.2) is 0 Å². The number of amides is 1. The minimum absolute atomic E-state index is 0.0361. The summed E-state index contributed by atoms with van der Waals surface area (Å²) < 4.78 is 49.3. The molecule has 1 aliphatic carbocycles. The molecule has 1 aromatic carbocycles. The van der Waals surface area contributed by atoms with Crippen LogP contribution in [0.1, 0.15) is 25.8 Å². The van der Waals surface area contributed by atoms with Crippen molar-refractivity contribution in [2.24, 2.45) is 5.92 Å². The van der Waals surface area contributed by atoms with Gasteiger partial charge in [-0.05, 0) is 42.2 Å². The maximum Gasteiger partial charge on any atom is 0.410 e. The largest absolute Gasteiger partial charge is 0.491 e. The van der Waals surface area contributed by atoms with Crippen molar-refractivity contribution < 1.29 is 36.3 Å². The van der Waals surface area contributed by atoms with Gasteiger partial charge in [0.1, 0.15) is 30.8 Å². The first-order chi connectivity index (χ1) is 16.1. The lowest BCUT2D eigenvalue weighted by Gasteiger charge is -2.36. The normalized spacial score (nSPS) is 24.0. The van der Waals surface area contributed by atoms with Gasteiger partial charge in [-0.15, -0.1) is 0 Å². The smallest absolute Gasteiger partial charge is 0.410 e. The van der Waals surface area contributed by atoms with E-state index in [2.05, 4.69) is 10.3 Å². The van der Waals surface area contributed by atoms with E-state index in [4.69, 9.17) is 18.9 Å². The van der Waals surface area contributed by atoms with Crippen LogP contribution in [0.4, 0.5) is 4.79 Å². The molecule has 2 atom stereocenters. The highest BCUT2D eigenvalue weighted by Crippen LogP contribution is 2.36. The third-order valence-electron chi connectivity index (χ3n) is 5.91. The highest BCUT2D eigenvalue weighted by atomic mass is 32.2. The lowest BCUT2D eigenvalue weighted by atomic mass is 9.88. The first-order valence-electron chi connectivity index (χ1n) is 11.3. The van der Waals surface area contributed by atoms with Crippen molar-refractivity contribution in [3.63, 3.8) is 0 Å². The van der Waals surface area contributed by atoms with Gasteiger partial charge >= 0.3 is 6.09 Å². The minimum atomic E-state index is -3.47. The Kier molecular flexibility index (Phi) is 7.20. The van der Waals surface area contributed by atoms with Gasteiger partial charge in [-0.1, -0.05) is 18.2 Å². The predicted molar refractivity (Wildman–Crippen MR) is 124 cm³/mol. The average Bonchev–Trinajstić information content (AvgIpc) is 3.15. The number of allylic oxidation sites excluding steroid dienone is 1. The average molecular weight is 494 g/mol. The molecule has 1 amide bonds. The molecule has 0 saturated carbocycles. The molecule has 0 N–H and O–H groups in total. The Balaban J connectivity index is 1.22. The summed E-state index contributed by atoms with van der Waals surface area (Å²) in [6, 6.07) is 7.48. The summed E-state index contributed by atoms with van der Waals surface area (Å²) in [5, 5.41) is 0. The number of ether oxygens (including phenoxy) is 4. The Hall–Kier alpha value is -2.56. The Morgan fingerprint density at radius 2 is 1.94 bits per heavy atom. The van der Waals surface area contributed by atoms with Crippen LogP contribution in [0.2, 0.25) is 0 Å². The summed E-state index contributed by atoms with van der Waals surface area (Å²) in [5.74, 6) is 0.968. The Bertz CT molecular complexity index is 1060. The van der Waals surface area contributed by atoms with E-state index < -0.39 is 15.9 Å². The fourth-order valence-electron chi connectivity index (χ4n) is 4.13. The first-order valence-corrected chi connectivity index (χ1v) is 13.1. The van der Waals surface area contributed by atoms with Crippen LogP contribution in [0.15, 0.2) is 47.7 Å². The molecule has 1 fully saturated rings. The van der Waals surface area contributed by atoms with E-state index >= 15 is 0 Å². The van der Waals surface area contributed by atoms with Gasteiger partial charge < -0.3 is 23.8 Å². The topological polar surface area (TPSA) is 101 Å². The second-order valence-electron chi connectivity index (χ2n) is 9.12. The summed E-state index contributed by atoms with van der Waals surface area (Å²) in [6.45, 7) is 5.52. The van der Waals surface area contributed by atoms with Crippen molar-refractivity contribution in [2.75, 3.05) is 39.2 Å². The number of hydrogen-bond donors (Lipinski definition) is 0. The molecule has 0 spiro atoms. The fourth-order valence-corrected chi connectivity index (χ4v) is 4.50. The SMILES string of the molecule is CC1(C)OCC2=C(C=CC(C3CN(CCc4ccc(OCCOS(C)(=O)=O)cc4)C(=O)O3)C2)O1. The number of hydrogen-bond acceptors (Lipinski definition) is 8. The third kappa shape index (κ3) is 6.52. The van der Waals surface area contributed by atoms with E-state index in [0.717, 1.165) is 29.6 Å². The molecule has 3 aliphatic rings. The molecule has 4 rings (SSSR count). The number of carbonyl (C=O) groups is 1. The number of carbonyl (C=O) groups excluding carboxylic acids is 1. The number of cyclic esters (lactones) is 1. The predicted octanol–water partition coefficient (Wildman–Crippen LogP) is 3.02. The van der Waals surface area contributed by atoms with E-state index in [1.54, 1.807) is 4.90 Å². The zero-order valence-corrected chi connectivity index (χ0v) is 20.5. The molecule has 9 nitrogen and oxygen atoms in total. The Morgan fingerprint density at radius 1 is 1.18 bits per heavy atom. The summed E-state index contributed by atoms with van der Waals surface area (Å²) in [5.41, 5.74) is 2.16. The van der Waals surface area contributed by atoms with Gasteiger partial charge in [0.25, 0.3) is 10.1 Å². The van der Waals surface area contributed by atoms with Gasteiger partial charge in [-0.25, -0.2) is 4.79 Å². The molecule has 186 valence electrons. The zero-order chi connectivity index (χ0) is 24.3. The van der Waals surface area contributed by atoms with Gasteiger partial charge in [0.2, 0.25) is 5.79 Å². The van der Waals surface area contributed by atoms with Gasteiger partial charge in [0.05, 0.1) is 19.4 Å². The van der Waals surface area contributed by atoms with Gasteiger partial charge in [0, 0.05) is 26.3 Å². The zero-order valence-electron chi connectivity index (χ0n) is 19.7. The second kappa shape index (κ2) is 9.97. The molecule has 2 aliphatic heterocycles. The maximum absolute atomic E-state index is 12.4. The molecule has 2 heterocycles. The molecule has 0 radical (unpaired) electrons. The number of benzene rings is 1. The highest BCUT2D eigenvalue weighted by molar-refractivity contribution is 7.85. The third-order valence-corrected chi connectivity index (χ3v) is 6.50. The minimum Gasteiger partial charge on any atom is -0.491 e. The molecule has 0 bridgehead atoms. The quantitative estimate of drug-likeness (QED) is 0.382. The van der Waals surface area contributed by atoms with E-state index in [9.17, 15) is 13.2 Å². The van der Waals surface area contributed by atoms with Crippen molar-refractivity contribution in [3.8, 4) is 5.75 Å². The molecule has 34 heavy (non-hydrogen) atoms. The van der Waals surface area contributed by atoms with Crippen molar-refractivity contribution in [1.82, 2.24) is 4.90 Å². The van der Waals surface area contributed by atoms with Crippen LogP contribution < -0.4 is 4.74 Å². The van der Waals surface area contributed by atoms with Crippen molar-refractivity contribution >= 4 is 16.2 Å². The van der Waals surface area contributed by atoms with Crippen molar-refractivity contribution in [3.05, 3.63) is 53.3 Å². The maximum atomic E-state index is 12.4. The Morgan fingerprint density at radius 3 is 2.68 bits per heavy atom. The van der Waals surface area contributed by atoms with Crippen LogP contribution in [-0.2, 0) is 34.9 Å². The second-order valence-corrected chi connectivity index (χ2v) is 10.8. The fraction of sp³-hybridized carbons (Fsp3) is 0.542. The Labute approximate surface area is 200 Å². The van der Waals surface area contributed by atoms with Crippen molar-refractivity contribution in [2.45, 2.75) is 38.6 Å². The lowest BCUT2D eigenvalue weighted by Crippen LogP contribution is -2.36. The van der Waals surface area contributed by atoms with E-state index in [-0.39, 0.29) is 31.3 Å². The summed E-state index contributed by atoms with van der Waals surface area (Å²) >= 11 is 0. The number of nitrogens with zero attached hydrogens (tertiary/aromatic N) is 1. The standard InChI is InChI=1S/C24H31NO8S/c1-24(2)30-16-19-14-18(6-9-21(19)33-24)22-15-25(23(26)32-22)11-10-17-4-7-20(8-5-17)29-12-13-31-34(3,27)28/h4-9,18,22H,10-16H2,1-3H3. The molecule has 10 heteroatoms. The monoisotopic (exact) mass is 493 g/mol. The van der Waals surface area contributed by atoms with E-state index in [0.29, 0.717) is 31.9 Å². The molecular weight excluding hydrogens is 462 g/mol. The van der Waals surface area contributed by atoms with Crippen LogP contribution in [0.5, 0.6) is 5.75 Å². The molecule has 0 aromatic heterocycles. The van der Waals surface area contributed by atoms with Gasteiger partial charge in [-0.2, -0.15) is 8.42 Å². The van der Waals surface area contributed by atoms with Crippen LogP contribution in [0.25, 0.3) is 0 Å². The molecule has 1 saturated heterocycles. The molecule has 1 aromatic rings. The van der Waals surface area contributed by atoms with E-state index in [1.165, 1.54) is 0 Å². The van der Waals surface area contributed by atoms with Crippen LogP contribution >= 0.6 is 0 Å². The summed E-state index contributed by atoms with van der Waals surface area (Å²) in [4.78, 5) is 14.2. The van der Waals surface area contributed by atoms with Crippen LogP contribution in [0, 0.1) is 5.92 Å². The lowest BCUT2D eigenvalue weighted by molar-refractivity contribution is -0.198. The highest BCUT2D eigenvalue weighted by Gasteiger charge is 2.38. The summed E-state index contributed by atoms with van der Waals surface area (Å²) in [6.07, 6.45) is 6.00. The van der Waals surface area contributed by atoms with E-state index in [1.807, 2.05) is 44.2 Å². The first kappa shape index (κ1) is 24.6. The summed E-state index contributed by atoms with van der Waals surface area (Å²) in [7, 11) is -3.47. The molecular formula is C24H31NO8S.